The van der Waals surface area contributed by atoms with Crippen LogP contribution >= 0.6 is 0 Å². The van der Waals surface area contributed by atoms with E-state index in [0.717, 1.165) is 17.7 Å². The molecule has 1 aliphatic rings. The Hall–Kier alpha value is -2.08. The van der Waals surface area contributed by atoms with Gasteiger partial charge in [-0.2, -0.15) is 0 Å². The van der Waals surface area contributed by atoms with Crippen molar-refractivity contribution in [2.45, 2.75) is 32.3 Å². The van der Waals surface area contributed by atoms with Crippen molar-refractivity contribution >= 4 is 11.9 Å². The Morgan fingerprint density at radius 3 is 2.70 bits per heavy atom. The molecular weight excluding hydrogens is 298 g/mol. The second-order valence-corrected chi connectivity index (χ2v) is 5.56. The minimum atomic E-state index is -0.925. The highest BCUT2D eigenvalue weighted by Gasteiger charge is 2.25. The molecule has 23 heavy (non-hydrogen) atoms. The monoisotopic (exact) mass is 321 g/mol. The smallest absolute Gasteiger partial charge is 0.308 e. The van der Waals surface area contributed by atoms with Gasteiger partial charge in [0.05, 0.1) is 12.5 Å². The topological polar surface area (TPSA) is 84.9 Å². The molecule has 2 rings (SSSR count). The second-order valence-electron chi connectivity index (χ2n) is 5.56. The van der Waals surface area contributed by atoms with Gasteiger partial charge in [-0.25, -0.2) is 0 Å². The number of carboxylic acids is 1. The van der Waals surface area contributed by atoms with Gasteiger partial charge < -0.3 is 19.9 Å². The minimum Gasteiger partial charge on any atom is -0.494 e. The third kappa shape index (κ3) is 5.25. The molecule has 126 valence electrons. The molecule has 1 amide bonds. The summed E-state index contributed by atoms with van der Waals surface area (Å²) in [5.41, 5.74) is 0.896. The number of rotatable bonds is 8. The molecule has 6 heteroatoms. The molecule has 0 bridgehead atoms. The summed E-state index contributed by atoms with van der Waals surface area (Å²) in [6.45, 7) is 3.19. The normalized spacial score (nSPS) is 18.4. The van der Waals surface area contributed by atoms with Crippen LogP contribution in [-0.4, -0.2) is 42.8 Å². The maximum absolute atomic E-state index is 11.9. The van der Waals surface area contributed by atoms with Crippen LogP contribution in [0.1, 0.15) is 25.3 Å². The lowest BCUT2D eigenvalue weighted by Gasteiger charge is -2.16. The summed E-state index contributed by atoms with van der Waals surface area (Å²) in [6.07, 6.45) is 1.48. The van der Waals surface area contributed by atoms with Gasteiger partial charge in [0.1, 0.15) is 11.9 Å². The minimum absolute atomic E-state index is 0.0985. The van der Waals surface area contributed by atoms with Gasteiger partial charge >= 0.3 is 5.97 Å². The van der Waals surface area contributed by atoms with Crippen LogP contribution in [0.25, 0.3) is 0 Å². The van der Waals surface area contributed by atoms with Gasteiger partial charge in [0, 0.05) is 13.2 Å². The highest BCUT2D eigenvalue weighted by Crippen LogP contribution is 2.16. The summed E-state index contributed by atoms with van der Waals surface area (Å²) in [7, 11) is 0. The summed E-state index contributed by atoms with van der Waals surface area (Å²) in [6, 6.07) is 7.34. The molecule has 1 aromatic carbocycles. The van der Waals surface area contributed by atoms with Crippen molar-refractivity contribution < 1.29 is 24.2 Å². The fraction of sp³-hybridized carbons (Fsp3) is 0.529. The first-order chi connectivity index (χ1) is 11.1. The first kappa shape index (κ1) is 17.3. The predicted octanol–water partition coefficient (Wildman–Crippen LogP) is 1.62. The van der Waals surface area contributed by atoms with Crippen molar-refractivity contribution in [2.24, 2.45) is 5.92 Å². The second kappa shape index (κ2) is 8.53. The van der Waals surface area contributed by atoms with E-state index in [1.807, 2.05) is 31.2 Å². The first-order valence-corrected chi connectivity index (χ1v) is 7.94. The van der Waals surface area contributed by atoms with Crippen molar-refractivity contribution in [3.8, 4) is 5.75 Å². The Labute approximate surface area is 135 Å². The quantitative estimate of drug-likeness (QED) is 0.760. The van der Waals surface area contributed by atoms with Crippen molar-refractivity contribution in [2.75, 3.05) is 19.8 Å². The number of ether oxygens (including phenoxy) is 2. The number of aliphatic carboxylic acids is 1. The van der Waals surface area contributed by atoms with E-state index in [4.69, 9.17) is 9.47 Å². The van der Waals surface area contributed by atoms with Crippen LogP contribution in [0.15, 0.2) is 24.3 Å². The molecular formula is C17H23NO5. The largest absolute Gasteiger partial charge is 0.494 e. The molecule has 0 spiro atoms. The number of amides is 1. The third-order valence-corrected chi connectivity index (χ3v) is 3.81. The zero-order valence-corrected chi connectivity index (χ0v) is 13.3. The number of benzene rings is 1. The van der Waals surface area contributed by atoms with E-state index in [2.05, 4.69) is 5.32 Å². The molecule has 2 atom stereocenters. The first-order valence-electron chi connectivity index (χ1n) is 7.94. The molecule has 1 heterocycles. The molecule has 0 radical (unpaired) electrons. The van der Waals surface area contributed by atoms with Crippen LogP contribution in [0.4, 0.5) is 0 Å². The molecule has 1 fully saturated rings. The number of hydrogen-bond acceptors (Lipinski definition) is 4. The van der Waals surface area contributed by atoms with Crippen molar-refractivity contribution in [3.63, 3.8) is 0 Å². The average Bonchev–Trinajstić information content (AvgIpc) is 3.07. The van der Waals surface area contributed by atoms with Gasteiger partial charge in [-0.15, -0.1) is 0 Å². The molecule has 0 aromatic heterocycles. The molecule has 0 aliphatic carbocycles. The molecule has 6 nitrogen and oxygen atoms in total. The molecule has 1 aromatic rings. The average molecular weight is 321 g/mol. The molecule has 2 N–H and O–H groups in total. The van der Waals surface area contributed by atoms with Crippen LogP contribution in [0.2, 0.25) is 0 Å². The standard InChI is InChI=1S/C17H23NO5/c1-2-22-14-7-5-12(6-8-14)10-13(17(20)21)11-18-16(19)15-4-3-9-23-15/h5-8,13,15H,2-4,9-11H2,1H3,(H,18,19)(H,20,21)/t13?,15-/m0/s1. The Kier molecular flexibility index (Phi) is 6.40. The van der Waals surface area contributed by atoms with E-state index >= 15 is 0 Å². The SMILES string of the molecule is CCOc1ccc(CC(CNC(=O)[C@@H]2CCCO2)C(=O)O)cc1. The van der Waals surface area contributed by atoms with Gasteiger partial charge in [-0.05, 0) is 43.9 Å². The van der Waals surface area contributed by atoms with Crippen LogP contribution in [0.5, 0.6) is 5.75 Å². The van der Waals surface area contributed by atoms with Crippen LogP contribution in [0, 0.1) is 5.92 Å². The Bertz CT molecular complexity index is 522. The van der Waals surface area contributed by atoms with Gasteiger partial charge in [-0.1, -0.05) is 12.1 Å². The molecule has 0 saturated carbocycles. The van der Waals surface area contributed by atoms with E-state index in [9.17, 15) is 14.7 Å². The Morgan fingerprint density at radius 1 is 1.39 bits per heavy atom. The maximum atomic E-state index is 11.9. The zero-order chi connectivity index (χ0) is 16.7. The number of carboxylic acid groups (broad SMARTS) is 1. The summed E-state index contributed by atoms with van der Waals surface area (Å²) in [5.74, 6) is -1.06. The van der Waals surface area contributed by atoms with E-state index in [0.29, 0.717) is 26.1 Å². The third-order valence-electron chi connectivity index (χ3n) is 3.81. The van der Waals surface area contributed by atoms with Gasteiger partial charge in [-0.3, -0.25) is 9.59 Å². The van der Waals surface area contributed by atoms with Crippen molar-refractivity contribution in [3.05, 3.63) is 29.8 Å². The fourth-order valence-corrected chi connectivity index (χ4v) is 2.54. The van der Waals surface area contributed by atoms with Crippen LogP contribution in [-0.2, 0) is 20.7 Å². The van der Waals surface area contributed by atoms with Crippen molar-refractivity contribution in [1.29, 1.82) is 0 Å². The molecule has 1 unspecified atom stereocenters. The Balaban J connectivity index is 1.87. The number of carbonyl (C=O) groups is 2. The van der Waals surface area contributed by atoms with Crippen molar-refractivity contribution in [1.82, 2.24) is 5.32 Å². The lowest BCUT2D eigenvalue weighted by molar-refractivity contribution is -0.141. The molecule has 1 aliphatic heterocycles. The Morgan fingerprint density at radius 2 is 2.13 bits per heavy atom. The van der Waals surface area contributed by atoms with Gasteiger partial charge in [0.15, 0.2) is 0 Å². The predicted molar refractivity (Wildman–Crippen MR) is 84.4 cm³/mol. The van der Waals surface area contributed by atoms with Crippen LogP contribution in [0.3, 0.4) is 0 Å². The van der Waals surface area contributed by atoms with E-state index < -0.39 is 18.0 Å². The summed E-state index contributed by atoms with van der Waals surface area (Å²) in [5, 5.41) is 12.0. The highest BCUT2D eigenvalue weighted by atomic mass is 16.5. The zero-order valence-electron chi connectivity index (χ0n) is 13.3. The number of hydrogen-bond donors (Lipinski definition) is 2. The van der Waals surface area contributed by atoms with E-state index in [1.54, 1.807) is 0 Å². The lowest BCUT2D eigenvalue weighted by atomic mass is 9.99. The summed E-state index contributed by atoms with van der Waals surface area (Å²) >= 11 is 0. The van der Waals surface area contributed by atoms with Crippen LogP contribution < -0.4 is 10.1 Å². The number of carbonyl (C=O) groups excluding carboxylic acids is 1. The fourth-order valence-electron chi connectivity index (χ4n) is 2.54. The van der Waals surface area contributed by atoms with E-state index in [1.165, 1.54) is 0 Å². The lowest BCUT2D eigenvalue weighted by Crippen LogP contribution is -2.39. The molecule has 1 saturated heterocycles. The highest BCUT2D eigenvalue weighted by molar-refractivity contribution is 5.81. The summed E-state index contributed by atoms with van der Waals surface area (Å²) < 4.78 is 10.7. The van der Waals surface area contributed by atoms with E-state index in [-0.39, 0.29) is 12.5 Å². The number of nitrogens with one attached hydrogen (secondary N) is 1. The maximum Gasteiger partial charge on any atom is 0.308 e. The van der Waals surface area contributed by atoms with Gasteiger partial charge in [0.25, 0.3) is 0 Å². The summed E-state index contributed by atoms with van der Waals surface area (Å²) in [4.78, 5) is 23.3. The van der Waals surface area contributed by atoms with Gasteiger partial charge in [0.2, 0.25) is 5.91 Å².